The highest BCUT2D eigenvalue weighted by Gasteiger charge is 2.33. The fourth-order valence-electron chi connectivity index (χ4n) is 2.45. The van der Waals surface area contributed by atoms with Gasteiger partial charge in [-0.05, 0) is 30.9 Å². The number of carbonyl (C=O) groups is 2. The maximum absolute atomic E-state index is 13.4. The first-order valence-electron chi connectivity index (χ1n) is 6.46. The number of hydrogen-bond donors (Lipinski definition) is 1. The average Bonchev–Trinajstić information content (AvgIpc) is 2.89. The number of carboxylic acids is 1. The predicted molar refractivity (Wildman–Crippen MR) is 67.0 cm³/mol. The molecule has 1 aromatic rings. The van der Waals surface area contributed by atoms with E-state index in [-0.39, 0.29) is 24.3 Å². The first-order chi connectivity index (χ1) is 9.50. The molecule has 1 aromatic carbocycles. The second-order valence-corrected chi connectivity index (χ2v) is 4.80. The van der Waals surface area contributed by atoms with Gasteiger partial charge in [-0.1, -0.05) is 12.1 Å². The summed E-state index contributed by atoms with van der Waals surface area (Å²) in [5.41, 5.74) is 0.129. The second-order valence-electron chi connectivity index (χ2n) is 4.80. The summed E-state index contributed by atoms with van der Waals surface area (Å²) in [7, 11) is 0. The molecule has 0 aromatic heterocycles. The first-order valence-corrected chi connectivity index (χ1v) is 6.46. The van der Waals surface area contributed by atoms with Gasteiger partial charge in [-0.25, -0.2) is 13.6 Å². The van der Waals surface area contributed by atoms with Crippen molar-refractivity contribution >= 4 is 11.9 Å². The quantitative estimate of drug-likeness (QED) is 0.919. The van der Waals surface area contributed by atoms with E-state index in [4.69, 9.17) is 5.11 Å². The fraction of sp³-hybridized carbons (Fsp3) is 0.429. The molecule has 0 spiro atoms. The molecule has 108 valence electrons. The maximum atomic E-state index is 13.4. The minimum Gasteiger partial charge on any atom is -0.480 e. The lowest BCUT2D eigenvalue weighted by Crippen LogP contribution is -2.40. The number of likely N-dealkylation sites (tertiary alicyclic amines) is 1. The number of halogens is 2. The number of benzene rings is 1. The van der Waals surface area contributed by atoms with Gasteiger partial charge in [0.2, 0.25) is 5.91 Å². The SMILES string of the molecule is O=C(O)[C@@H]1CCCN1C(=O)CCc1cccc(F)c1F. The van der Waals surface area contributed by atoms with E-state index >= 15 is 0 Å². The lowest BCUT2D eigenvalue weighted by molar-refractivity contribution is -0.148. The highest BCUT2D eigenvalue weighted by molar-refractivity contribution is 5.84. The average molecular weight is 283 g/mol. The zero-order valence-electron chi connectivity index (χ0n) is 10.8. The summed E-state index contributed by atoms with van der Waals surface area (Å²) in [6, 6.07) is 3.03. The summed E-state index contributed by atoms with van der Waals surface area (Å²) in [5, 5.41) is 8.99. The number of rotatable bonds is 4. The summed E-state index contributed by atoms with van der Waals surface area (Å²) >= 11 is 0. The van der Waals surface area contributed by atoms with Gasteiger partial charge < -0.3 is 10.0 Å². The Morgan fingerprint density at radius 2 is 2.10 bits per heavy atom. The molecule has 1 aliphatic rings. The van der Waals surface area contributed by atoms with Crippen LogP contribution in [0.15, 0.2) is 18.2 Å². The van der Waals surface area contributed by atoms with Gasteiger partial charge in [-0.15, -0.1) is 0 Å². The molecule has 6 heteroatoms. The molecule has 20 heavy (non-hydrogen) atoms. The van der Waals surface area contributed by atoms with Crippen LogP contribution >= 0.6 is 0 Å². The van der Waals surface area contributed by atoms with Crippen molar-refractivity contribution in [2.45, 2.75) is 31.7 Å². The Morgan fingerprint density at radius 3 is 2.80 bits per heavy atom. The van der Waals surface area contributed by atoms with Crippen molar-refractivity contribution < 1.29 is 23.5 Å². The molecule has 1 atom stereocenters. The Bertz CT molecular complexity index is 533. The molecule has 1 amide bonds. The monoisotopic (exact) mass is 283 g/mol. The standard InChI is InChI=1S/C14H15F2NO3/c15-10-4-1-3-9(13(10)16)6-7-12(18)17-8-2-5-11(17)14(19)20/h1,3-4,11H,2,5-8H2,(H,19,20)/t11-/m0/s1. The summed E-state index contributed by atoms with van der Waals surface area (Å²) in [5.74, 6) is -3.25. The Labute approximate surface area is 115 Å². The highest BCUT2D eigenvalue weighted by atomic mass is 19.2. The molecule has 1 saturated heterocycles. The zero-order chi connectivity index (χ0) is 14.7. The molecule has 4 nitrogen and oxygen atoms in total. The fourth-order valence-corrected chi connectivity index (χ4v) is 2.45. The summed E-state index contributed by atoms with van der Waals surface area (Å²) in [6.45, 7) is 0.404. The molecule has 0 saturated carbocycles. The number of amides is 1. The van der Waals surface area contributed by atoms with Gasteiger partial charge in [0.25, 0.3) is 0 Å². The minimum atomic E-state index is -1.02. The van der Waals surface area contributed by atoms with Crippen molar-refractivity contribution in [1.29, 1.82) is 0 Å². The highest BCUT2D eigenvalue weighted by Crippen LogP contribution is 2.20. The number of hydrogen-bond acceptors (Lipinski definition) is 2. The van der Waals surface area contributed by atoms with Crippen molar-refractivity contribution in [2.24, 2.45) is 0 Å². The lowest BCUT2D eigenvalue weighted by atomic mass is 10.1. The normalized spacial score (nSPS) is 18.3. The van der Waals surface area contributed by atoms with Gasteiger partial charge in [-0.2, -0.15) is 0 Å². The third kappa shape index (κ3) is 2.95. The molecule has 1 N–H and O–H groups in total. The molecule has 1 aliphatic heterocycles. The van der Waals surface area contributed by atoms with Crippen LogP contribution in [0.1, 0.15) is 24.8 Å². The molecule has 1 heterocycles. The molecule has 0 aliphatic carbocycles. The molecule has 2 rings (SSSR count). The van der Waals surface area contributed by atoms with Gasteiger partial charge in [0.15, 0.2) is 11.6 Å². The second kappa shape index (κ2) is 5.98. The largest absolute Gasteiger partial charge is 0.480 e. The van der Waals surface area contributed by atoms with Gasteiger partial charge in [0, 0.05) is 13.0 Å². The van der Waals surface area contributed by atoms with Crippen molar-refractivity contribution in [3.05, 3.63) is 35.4 Å². The van der Waals surface area contributed by atoms with Gasteiger partial charge in [-0.3, -0.25) is 4.79 Å². The van der Waals surface area contributed by atoms with Crippen LogP contribution in [0.2, 0.25) is 0 Å². The van der Waals surface area contributed by atoms with Gasteiger partial charge in [0.05, 0.1) is 0 Å². The Hall–Kier alpha value is -1.98. The van der Waals surface area contributed by atoms with Crippen LogP contribution in [0.4, 0.5) is 8.78 Å². The maximum Gasteiger partial charge on any atom is 0.326 e. The van der Waals surface area contributed by atoms with Crippen LogP contribution < -0.4 is 0 Å². The van der Waals surface area contributed by atoms with Crippen molar-refractivity contribution in [1.82, 2.24) is 4.90 Å². The Morgan fingerprint density at radius 1 is 1.35 bits per heavy atom. The van der Waals surface area contributed by atoms with E-state index in [0.29, 0.717) is 19.4 Å². The molecule has 0 radical (unpaired) electrons. The molecular formula is C14H15F2NO3. The van der Waals surface area contributed by atoms with Crippen LogP contribution in [-0.2, 0) is 16.0 Å². The van der Waals surface area contributed by atoms with Gasteiger partial charge >= 0.3 is 5.97 Å². The van der Waals surface area contributed by atoms with E-state index in [2.05, 4.69) is 0 Å². The third-order valence-corrected chi connectivity index (χ3v) is 3.50. The van der Waals surface area contributed by atoms with E-state index < -0.39 is 23.6 Å². The van der Waals surface area contributed by atoms with Crippen LogP contribution in [0, 0.1) is 11.6 Å². The number of nitrogens with zero attached hydrogens (tertiary/aromatic N) is 1. The number of carboxylic acid groups (broad SMARTS) is 1. The summed E-state index contributed by atoms with van der Waals surface area (Å²) in [6.07, 6.45) is 1.13. The van der Waals surface area contributed by atoms with Crippen molar-refractivity contribution in [3.63, 3.8) is 0 Å². The zero-order valence-corrected chi connectivity index (χ0v) is 10.8. The molecular weight excluding hydrogens is 268 g/mol. The molecule has 0 unspecified atom stereocenters. The van der Waals surface area contributed by atoms with Crippen molar-refractivity contribution in [2.75, 3.05) is 6.54 Å². The summed E-state index contributed by atoms with van der Waals surface area (Å²) < 4.78 is 26.5. The smallest absolute Gasteiger partial charge is 0.326 e. The van der Waals surface area contributed by atoms with E-state index in [0.717, 1.165) is 6.07 Å². The van der Waals surface area contributed by atoms with E-state index in [1.807, 2.05) is 0 Å². The van der Waals surface area contributed by atoms with Crippen molar-refractivity contribution in [3.8, 4) is 0 Å². The number of aliphatic carboxylic acids is 1. The number of aryl methyl sites for hydroxylation is 1. The predicted octanol–water partition coefficient (Wildman–Crippen LogP) is 1.97. The minimum absolute atomic E-state index is 0.0237. The van der Waals surface area contributed by atoms with Crippen LogP contribution in [0.5, 0.6) is 0 Å². The Kier molecular flexibility index (Phi) is 4.32. The number of carbonyl (C=O) groups excluding carboxylic acids is 1. The van der Waals surface area contributed by atoms with Gasteiger partial charge in [0.1, 0.15) is 6.04 Å². The first kappa shape index (κ1) is 14.4. The Balaban J connectivity index is 1.98. The lowest BCUT2D eigenvalue weighted by Gasteiger charge is -2.21. The molecule has 0 bridgehead atoms. The topological polar surface area (TPSA) is 57.6 Å². The van der Waals surface area contributed by atoms with E-state index in [1.54, 1.807) is 0 Å². The summed E-state index contributed by atoms with van der Waals surface area (Å²) in [4.78, 5) is 24.3. The van der Waals surface area contributed by atoms with E-state index in [9.17, 15) is 18.4 Å². The molecule has 1 fully saturated rings. The van der Waals surface area contributed by atoms with Crippen LogP contribution in [-0.4, -0.2) is 34.5 Å². The van der Waals surface area contributed by atoms with E-state index in [1.165, 1.54) is 17.0 Å². The van der Waals surface area contributed by atoms with Crippen LogP contribution in [0.25, 0.3) is 0 Å². The third-order valence-electron chi connectivity index (χ3n) is 3.50. The van der Waals surface area contributed by atoms with Crippen LogP contribution in [0.3, 0.4) is 0 Å².